The zero-order valence-corrected chi connectivity index (χ0v) is 9.43. The van der Waals surface area contributed by atoms with Crippen molar-refractivity contribution >= 4 is 12.8 Å². The van der Waals surface area contributed by atoms with Crippen LogP contribution < -0.4 is 11.5 Å². The van der Waals surface area contributed by atoms with E-state index in [1.54, 1.807) is 24.3 Å². The van der Waals surface area contributed by atoms with Gasteiger partial charge in [0.25, 0.3) is 0 Å². The van der Waals surface area contributed by atoms with Crippen LogP contribution in [0.4, 0.5) is 4.79 Å². The van der Waals surface area contributed by atoms with Crippen molar-refractivity contribution in [1.82, 2.24) is 0 Å². The van der Waals surface area contributed by atoms with Gasteiger partial charge in [0.2, 0.25) is 0 Å². The van der Waals surface area contributed by atoms with Gasteiger partial charge in [-0.2, -0.15) is 0 Å². The van der Waals surface area contributed by atoms with E-state index in [9.17, 15) is 0 Å². The van der Waals surface area contributed by atoms with Crippen LogP contribution in [0.2, 0.25) is 0 Å². The second kappa shape index (κ2) is 14.2. The third-order valence-electron chi connectivity index (χ3n) is 0.756. The first-order chi connectivity index (χ1) is 6.13. The van der Waals surface area contributed by atoms with Crippen molar-refractivity contribution in [3.05, 3.63) is 30.3 Å². The largest absolute Gasteiger partial charge is 0.508 e. The van der Waals surface area contributed by atoms with Gasteiger partial charge in [-0.05, 0) is 12.1 Å². The Morgan fingerprint density at radius 3 is 1.57 bits per heavy atom. The Balaban J connectivity index is -0.000000152. The van der Waals surface area contributed by atoms with Crippen molar-refractivity contribution in [2.24, 2.45) is 11.5 Å². The molecular formula is C8H12MoN2O3. The quantitative estimate of drug-likeness (QED) is 0.592. The number of primary amides is 2. The Morgan fingerprint density at radius 2 is 1.43 bits per heavy atom. The number of rotatable bonds is 0. The van der Waals surface area contributed by atoms with Crippen LogP contribution >= 0.6 is 0 Å². The molecule has 78 valence electrons. The van der Waals surface area contributed by atoms with Gasteiger partial charge in [0, 0.05) is 21.1 Å². The van der Waals surface area contributed by atoms with Gasteiger partial charge in [-0.25, -0.2) is 4.79 Å². The number of carbonyl (C=O) groups is 2. The molecule has 0 heterocycles. The summed E-state index contributed by atoms with van der Waals surface area (Å²) in [5.74, 6) is 0.322. The van der Waals surface area contributed by atoms with Crippen molar-refractivity contribution in [1.29, 1.82) is 0 Å². The molecular weight excluding hydrogens is 268 g/mol. The molecule has 0 aliphatic rings. The minimum Gasteiger partial charge on any atom is -0.508 e. The van der Waals surface area contributed by atoms with Crippen LogP contribution in [0.15, 0.2) is 30.3 Å². The number of hydrogen-bond acceptors (Lipinski definition) is 3. The molecule has 5 nitrogen and oxygen atoms in total. The summed E-state index contributed by atoms with van der Waals surface area (Å²) >= 11 is 0. The minimum absolute atomic E-state index is 0. The number of nitrogens with two attached hydrogens (primary N) is 2. The molecule has 0 spiro atoms. The number of phenols is 1. The van der Waals surface area contributed by atoms with E-state index in [4.69, 9.17) is 14.7 Å². The van der Waals surface area contributed by atoms with Crippen LogP contribution in [0, 0.1) is 0 Å². The van der Waals surface area contributed by atoms with E-state index in [2.05, 4.69) is 11.5 Å². The second-order valence-electron chi connectivity index (χ2n) is 1.74. The zero-order valence-electron chi connectivity index (χ0n) is 7.42. The topological polar surface area (TPSA) is 106 Å². The van der Waals surface area contributed by atoms with Crippen molar-refractivity contribution in [2.45, 2.75) is 0 Å². The van der Waals surface area contributed by atoms with Crippen molar-refractivity contribution in [2.75, 3.05) is 0 Å². The Kier molecular flexibility index (Phi) is 18.7. The summed E-state index contributed by atoms with van der Waals surface area (Å²) in [5, 5.41) is 8.63. The smallest absolute Gasteiger partial charge is 0.309 e. The first-order valence-electron chi connectivity index (χ1n) is 3.20. The van der Waals surface area contributed by atoms with Crippen LogP contribution in [-0.2, 0) is 25.9 Å². The molecule has 0 aromatic heterocycles. The first-order valence-corrected chi connectivity index (χ1v) is 3.20. The van der Waals surface area contributed by atoms with Crippen molar-refractivity contribution in [3.8, 4) is 5.75 Å². The number of para-hydroxylation sites is 1. The fourth-order valence-electron chi connectivity index (χ4n) is 0.428. The van der Waals surface area contributed by atoms with Gasteiger partial charge < -0.3 is 21.4 Å². The molecule has 1 aromatic carbocycles. The summed E-state index contributed by atoms with van der Waals surface area (Å²) in [6.07, 6.45) is 0. The molecule has 5 N–H and O–H groups in total. The molecule has 0 bridgehead atoms. The van der Waals surface area contributed by atoms with E-state index in [1.807, 2.05) is 12.9 Å². The van der Waals surface area contributed by atoms with E-state index in [1.165, 1.54) is 0 Å². The number of aromatic hydroxyl groups is 1. The molecule has 0 aliphatic heterocycles. The Bertz CT molecular complexity index is 227. The number of phenolic OH excluding ortho intramolecular Hbond substituents is 1. The maximum atomic E-state index is 9.00. The molecule has 14 heavy (non-hydrogen) atoms. The molecule has 0 radical (unpaired) electrons. The van der Waals surface area contributed by atoms with E-state index in [-0.39, 0.29) is 21.1 Å². The van der Waals surface area contributed by atoms with Crippen LogP contribution in [0.1, 0.15) is 0 Å². The summed E-state index contributed by atoms with van der Waals surface area (Å²) in [6, 6.07) is 7.88. The van der Waals surface area contributed by atoms with Gasteiger partial charge in [0.05, 0.1) is 0 Å². The van der Waals surface area contributed by atoms with Gasteiger partial charge in [0.15, 0.2) is 0 Å². The molecule has 0 aliphatic carbocycles. The van der Waals surface area contributed by atoms with E-state index in [0.717, 1.165) is 0 Å². The molecule has 0 unspecified atom stereocenters. The molecule has 2 amide bonds. The van der Waals surface area contributed by atoms with Gasteiger partial charge in [-0.15, -0.1) is 0 Å². The molecule has 1 aromatic rings. The summed E-state index contributed by atoms with van der Waals surface area (Å²) in [7, 11) is 0. The molecule has 1 rings (SSSR count). The molecule has 0 atom stereocenters. The fraction of sp³-hybridized carbons (Fsp3) is 0. The monoisotopic (exact) mass is 282 g/mol. The van der Waals surface area contributed by atoms with Crippen molar-refractivity contribution < 1.29 is 35.8 Å². The fourth-order valence-corrected chi connectivity index (χ4v) is 0.428. The number of benzene rings is 1. The van der Waals surface area contributed by atoms with E-state index in [0.29, 0.717) is 5.75 Å². The van der Waals surface area contributed by atoms with Gasteiger partial charge in [0.1, 0.15) is 12.5 Å². The van der Waals surface area contributed by atoms with E-state index < -0.39 is 6.03 Å². The number of urea groups is 1. The molecule has 0 saturated heterocycles. The standard InChI is InChI=1S/C6H6O.CH4N2O.CH2O.Mo/c7-6-4-2-1-3-5-6;2-1(3)4;1-2;/h1-5,7H;(H4,2,3,4);1H2;. The third-order valence-corrected chi connectivity index (χ3v) is 0.756. The summed E-state index contributed by atoms with van der Waals surface area (Å²) in [5.41, 5.74) is 8.50. The predicted octanol–water partition coefficient (Wildman–Crippen LogP) is 0.229. The first kappa shape index (κ1) is 18.4. The average molecular weight is 280 g/mol. The summed E-state index contributed by atoms with van der Waals surface area (Å²) < 4.78 is 0. The molecule has 0 fully saturated rings. The van der Waals surface area contributed by atoms with Crippen LogP contribution in [0.3, 0.4) is 0 Å². The van der Waals surface area contributed by atoms with Gasteiger partial charge >= 0.3 is 6.03 Å². The number of carbonyl (C=O) groups excluding carboxylic acids is 2. The second-order valence-corrected chi connectivity index (χ2v) is 1.74. The Morgan fingerprint density at radius 1 is 1.14 bits per heavy atom. The minimum atomic E-state index is -0.833. The maximum absolute atomic E-state index is 9.00. The Labute approximate surface area is 96.4 Å². The van der Waals surface area contributed by atoms with Crippen molar-refractivity contribution in [3.63, 3.8) is 0 Å². The summed E-state index contributed by atoms with van der Waals surface area (Å²) in [4.78, 5) is 17.0. The van der Waals surface area contributed by atoms with E-state index >= 15 is 0 Å². The summed E-state index contributed by atoms with van der Waals surface area (Å²) in [6.45, 7) is 2.00. The Hall–Kier alpha value is -1.35. The molecule has 0 saturated carbocycles. The van der Waals surface area contributed by atoms with Crippen LogP contribution in [-0.4, -0.2) is 17.9 Å². The van der Waals surface area contributed by atoms with Crippen LogP contribution in [0.5, 0.6) is 5.75 Å². The third kappa shape index (κ3) is 22.4. The molecule has 6 heteroatoms. The van der Waals surface area contributed by atoms with Crippen LogP contribution in [0.25, 0.3) is 0 Å². The SMILES string of the molecule is C=O.NC(N)=O.Oc1ccccc1.[Mo]. The predicted molar refractivity (Wildman–Crippen MR) is 49.0 cm³/mol. The zero-order chi connectivity index (χ0) is 10.7. The number of amides is 2. The van der Waals surface area contributed by atoms with Gasteiger partial charge in [-0.3, -0.25) is 0 Å². The average Bonchev–Trinajstić information content (AvgIpc) is 2.08. The van der Waals surface area contributed by atoms with Gasteiger partial charge in [-0.1, -0.05) is 18.2 Å². The normalized spacial score (nSPS) is 6.29. The maximum Gasteiger partial charge on any atom is 0.309 e. The number of hydrogen-bond donors (Lipinski definition) is 3.